The number of unbranched alkanes of at least 4 members (excludes halogenated alkanes) is 7. The van der Waals surface area contributed by atoms with E-state index in [0.717, 1.165) is 89.9 Å². The summed E-state index contributed by atoms with van der Waals surface area (Å²) in [6.07, 6.45) is 48.4. The van der Waals surface area contributed by atoms with Gasteiger partial charge < -0.3 is 10.4 Å². The minimum absolute atomic E-state index is 0.251. The zero-order chi connectivity index (χ0) is 34.0. The monoisotopic (exact) mass is 657 g/mol. The third kappa shape index (κ3) is 32.6. The first-order valence-electron chi connectivity index (χ1n) is 17.4. The predicted molar refractivity (Wildman–Crippen MR) is 197 cm³/mol. The molecule has 0 aromatic carbocycles. The highest BCUT2D eigenvalue weighted by Gasteiger charge is 2.24. The van der Waals surface area contributed by atoms with E-state index in [1.807, 2.05) is 0 Å². The van der Waals surface area contributed by atoms with Crippen LogP contribution in [0.4, 0.5) is 0 Å². The van der Waals surface area contributed by atoms with Crippen LogP contribution in [0.1, 0.15) is 123 Å². The van der Waals surface area contributed by atoms with E-state index in [4.69, 9.17) is 0 Å². The third-order valence-electron chi connectivity index (χ3n) is 6.99. The minimum Gasteiger partial charge on any atom is -0.387 e. The lowest BCUT2D eigenvalue weighted by Gasteiger charge is -2.21. The van der Waals surface area contributed by atoms with Crippen LogP contribution in [0.25, 0.3) is 0 Å². The van der Waals surface area contributed by atoms with E-state index in [-0.39, 0.29) is 12.3 Å². The summed E-state index contributed by atoms with van der Waals surface area (Å²) in [5.74, 6) is -1.05. The topological polar surface area (TPSA) is 104 Å². The quantitative estimate of drug-likeness (QED) is 0.0422. The molecule has 0 spiro atoms. The number of carbonyl (C=O) groups is 1. The highest BCUT2D eigenvalue weighted by molar-refractivity contribution is 7.85. The lowest BCUT2D eigenvalue weighted by molar-refractivity contribution is -0.122. The minimum atomic E-state index is -4.36. The first-order chi connectivity index (χ1) is 22.3. The summed E-state index contributed by atoms with van der Waals surface area (Å²) < 4.78 is 32.2. The molecule has 6 nitrogen and oxygen atoms in total. The molecule has 260 valence electrons. The van der Waals surface area contributed by atoms with Gasteiger partial charge in [0, 0.05) is 6.42 Å². The molecule has 0 aromatic rings. The smallest absolute Gasteiger partial charge is 0.267 e. The second kappa shape index (κ2) is 32.2. The van der Waals surface area contributed by atoms with Crippen molar-refractivity contribution in [2.75, 3.05) is 5.75 Å². The fourth-order valence-corrected chi connectivity index (χ4v) is 5.13. The average Bonchev–Trinajstić information content (AvgIpc) is 3.01. The van der Waals surface area contributed by atoms with E-state index in [2.05, 4.69) is 104 Å². The van der Waals surface area contributed by atoms with Gasteiger partial charge in [0.05, 0.1) is 17.9 Å². The van der Waals surface area contributed by atoms with Gasteiger partial charge in [0.2, 0.25) is 5.91 Å². The van der Waals surface area contributed by atoms with Gasteiger partial charge in [-0.1, -0.05) is 137 Å². The van der Waals surface area contributed by atoms with E-state index < -0.39 is 28.0 Å². The van der Waals surface area contributed by atoms with Gasteiger partial charge in [-0.05, 0) is 77.0 Å². The molecule has 2 unspecified atom stereocenters. The fraction of sp³-hybridized carbons (Fsp3) is 0.564. The SMILES string of the molecule is CC/C=C\C/C=C\C/C=C\C/C=C\C/C=C\C/C=C\CCCCCCC(=O)NC(CS(=O)(=O)O)C(O)/C=C/CC/C=C/CCCC. The molecule has 7 heteroatoms. The number of hydrogen-bond donors (Lipinski definition) is 3. The summed E-state index contributed by atoms with van der Waals surface area (Å²) in [7, 11) is -4.36. The number of aliphatic hydroxyl groups excluding tert-OH is 1. The molecule has 0 saturated heterocycles. The van der Waals surface area contributed by atoms with Crippen molar-refractivity contribution in [2.45, 2.75) is 135 Å². The first kappa shape index (κ1) is 43.3. The normalized spacial score (nSPS) is 14.6. The van der Waals surface area contributed by atoms with Crippen molar-refractivity contribution >= 4 is 16.0 Å². The van der Waals surface area contributed by atoms with Crippen molar-refractivity contribution < 1.29 is 22.9 Å². The van der Waals surface area contributed by atoms with Crippen molar-refractivity contribution in [1.82, 2.24) is 5.32 Å². The lowest BCUT2D eigenvalue weighted by Crippen LogP contribution is -2.46. The molecule has 2 atom stereocenters. The van der Waals surface area contributed by atoms with Gasteiger partial charge in [0.15, 0.2) is 0 Å². The zero-order valence-corrected chi connectivity index (χ0v) is 29.5. The lowest BCUT2D eigenvalue weighted by atomic mass is 10.1. The molecule has 0 aliphatic carbocycles. The number of rotatable bonds is 29. The first-order valence-corrected chi connectivity index (χ1v) is 19.0. The summed E-state index contributed by atoms with van der Waals surface area (Å²) in [5, 5.41) is 13.0. The van der Waals surface area contributed by atoms with E-state index in [1.165, 1.54) is 6.08 Å². The third-order valence-corrected chi connectivity index (χ3v) is 7.77. The number of aliphatic hydroxyl groups is 1. The predicted octanol–water partition coefficient (Wildman–Crippen LogP) is 9.84. The maximum atomic E-state index is 12.4. The largest absolute Gasteiger partial charge is 0.387 e. The Bertz CT molecular complexity index is 1080. The van der Waals surface area contributed by atoms with Crippen LogP contribution in [-0.2, 0) is 14.9 Å². The summed E-state index contributed by atoms with van der Waals surface area (Å²) in [4.78, 5) is 12.4. The number of carbonyl (C=O) groups excluding carboxylic acids is 1. The molecular formula is C39H63NO5S. The Balaban J connectivity index is 4.04. The molecule has 0 aliphatic rings. The van der Waals surface area contributed by atoms with Crippen LogP contribution in [0.15, 0.2) is 97.2 Å². The molecule has 0 fully saturated rings. The summed E-state index contributed by atoms with van der Waals surface area (Å²) >= 11 is 0. The van der Waals surface area contributed by atoms with Crippen LogP contribution in [0.2, 0.25) is 0 Å². The molecule has 0 bridgehead atoms. The molecule has 0 radical (unpaired) electrons. The van der Waals surface area contributed by atoms with Gasteiger partial charge in [0.25, 0.3) is 10.1 Å². The van der Waals surface area contributed by atoms with E-state index in [0.29, 0.717) is 12.8 Å². The van der Waals surface area contributed by atoms with Gasteiger partial charge in [-0.25, -0.2) is 0 Å². The highest BCUT2D eigenvalue weighted by atomic mass is 32.2. The number of hydrogen-bond acceptors (Lipinski definition) is 4. The Morgan fingerprint density at radius 2 is 1.07 bits per heavy atom. The Labute approximate surface area is 281 Å². The van der Waals surface area contributed by atoms with Crippen LogP contribution in [0, 0.1) is 0 Å². The molecule has 3 N–H and O–H groups in total. The maximum absolute atomic E-state index is 12.4. The average molecular weight is 658 g/mol. The second-order valence-corrected chi connectivity index (χ2v) is 12.9. The zero-order valence-electron chi connectivity index (χ0n) is 28.6. The van der Waals surface area contributed by atoms with Gasteiger partial charge >= 0.3 is 0 Å². The van der Waals surface area contributed by atoms with Gasteiger partial charge in [-0.3, -0.25) is 9.35 Å². The molecule has 0 aliphatic heterocycles. The van der Waals surface area contributed by atoms with Crippen molar-refractivity contribution in [3.05, 3.63) is 97.2 Å². The van der Waals surface area contributed by atoms with E-state index >= 15 is 0 Å². The second-order valence-electron chi connectivity index (χ2n) is 11.4. The Morgan fingerprint density at radius 1 is 0.609 bits per heavy atom. The Morgan fingerprint density at radius 3 is 1.61 bits per heavy atom. The molecule has 0 heterocycles. The van der Waals surface area contributed by atoms with Crippen LogP contribution in [0.5, 0.6) is 0 Å². The molecular weight excluding hydrogens is 594 g/mol. The number of allylic oxidation sites excluding steroid dienone is 15. The summed E-state index contributed by atoms with van der Waals surface area (Å²) in [5.41, 5.74) is 0. The number of nitrogens with one attached hydrogen (secondary N) is 1. The van der Waals surface area contributed by atoms with Crippen molar-refractivity contribution in [3.8, 4) is 0 Å². The van der Waals surface area contributed by atoms with Crippen LogP contribution >= 0.6 is 0 Å². The van der Waals surface area contributed by atoms with E-state index in [1.54, 1.807) is 6.08 Å². The molecule has 0 rings (SSSR count). The van der Waals surface area contributed by atoms with Crippen LogP contribution < -0.4 is 5.32 Å². The van der Waals surface area contributed by atoms with Crippen LogP contribution in [0.3, 0.4) is 0 Å². The van der Waals surface area contributed by atoms with E-state index in [9.17, 15) is 22.9 Å². The molecule has 0 saturated carbocycles. The standard InChI is InChI=1S/C39H63NO5S/c1-3-5-7-9-11-13-14-15-16-17-18-19-20-21-22-23-24-25-26-27-29-31-33-35-39(42)40-37(36-46(43,44)45)38(41)34-32-30-28-12-10-8-6-4-2/h5,7,10-13,15-16,18-19,21-22,24-25,32,34,37-38,41H,3-4,6,8-9,14,17,20,23,26-31,33,35-36H2,1-2H3,(H,40,42)(H,43,44,45)/b7-5-,12-10+,13-11-,16-15-,19-18-,22-21-,25-24-,34-32+. The number of amides is 1. The van der Waals surface area contributed by atoms with Crippen molar-refractivity contribution in [2.24, 2.45) is 0 Å². The molecule has 46 heavy (non-hydrogen) atoms. The van der Waals surface area contributed by atoms with Gasteiger partial charge in [-0.2, -0.15) is 8.42 Å². The van der Waals surface area contributed by atoms with Gasteiger partial charge in [0.1, 0.15) is 0 Å². The van der Waals surface area contributed by atoms with Crippen molar-refractivity contribution in [1.29, 1.82) is 0 Å². The molecule has 0 aromatic heterocycles. The molecule has 1 amide bonds. The van der Waals surface area contributed by atoms with Gasteiger partial charge in [-0.15, -0.1) is 0 Å². The van der Waals surface area contributed by atoms with Crippen molar-refractivity contribution in [3.63, 3.8) is 0 Å². The fourth-order valence-electron chi connectivity index (χ4n) is 4.39. The van der Waals surface area contributed by atoms with Crippen LogP contribution in [-0.4, -0.2) is 41.9 Å². The highest BCUT2D eigenvalue weighted by Crippen LogP contribution is 2.08. The Kier molecular flexibility index (Phi) is 30.3. The summed E-state index contributed by atoms with van der Waals surface area (Å²) in [6, 6.07) is -1.09. The maximum Gasteiger partial charge on any atom is 0.267 e. The Hall–Kier alpha value is -2.74. The summed E-state index contributed by atoms with van der Waals surface area (Å²) in [6.45, 7) is 4.30.